The average Bonchev–Trinajstić information content (AvgIpc) is 3.31. The molecule has 0 spiro atoms. The molecule has 2 amide bonds. The smallest absolute Gasteiger partial charge is 0.407 e. The molecule has 7 nitrogen and oxygen atoms in total. The lowest BCUT2D eigenvalue weighted by atomic mass is 9.85. The topological polar surface area (TPSA) is 103 Å². The van der Waals surface area contributed by atoms with Crippen molar-refractivity contribution in [1.82, 2.24) is 10.6 Å². The SMILES string of the molecule is C[C@@H](NC(=O)OC(C)(C)C)[C@H](CN)CC(CCNC(=O)OC(C)(C)C)C1CC1. The molecule has 1 saturated carbocycles. The molecule has 0 aliphatic heterocycles. The minimum absolute atomic E-state index is 0.0695. The molecule has 4 N–H and O–H groups in total. The first-order valence-electron chi connectivity index (χ1n) is 10.5. The Bertz CT molecular complexity index is 507. The molecule has 28 heavy (non-hydrogen) atoms. The molecule has 0 aromatic carbocycles. The Morgan fingerprint density at radius 1 is 1.04 bits per heavy atom. The maximum absolute atomic E-state index is 12.0. The van der Waals surface area contributed by atoms with Gasteiger partial charge in [0, 0.05) is 12.6 Å². The summed E-state index contributed by atoms with van der Waals surface area (Å²) in [7, 11) is 0. The minimum atomic E-state index is -0.522. The number of nitrogens with one attached hydrogen (secondary N) is 2. The van der Waals surface area contributed by atoms with Gasteiger partial charge in [0.05, 0.1) is 0 Å². The van der Waals surface area contributed by atoms with Gasteiger partial charge in [0.15, 0.2) is 0 Å². The van der Waals surface area contributed by atoms with Crippen molar-refractivity contribution in [3.8, 4) is 0 Å². The van der Waals surface area contributed by atoms with E-state index in [9.17, 15) is 9.59 Å². The predicted molar refractivity (Wildman–Crippen MR) is 111 cm³/mol. The molecule has 164 valence electrons. The molecule has 1 aliphatic carbocycles. The summed E-state index contributed by atoms with van der Waals surface area (Å²) in [5.74, 6) is 1.33. The molecule has 1 fully saturated rings. The molecule has 1 rings (SSSR count). The van der Waals surface area contributed by atoms with Gasteiger partial charge in [-0.1, -0.05) is 0 Å². The lowest BCUT2D eigenvalue weighted by molar-refractivity contribution is 0.0479. The zero-order valence-electron chi connectivity index (χ0n) is 18.8. The average molecular weight is 400 g/mol. The first-order chi connectivity index (χ1) is 12.8. The number of rotatable bonds is 9. The lowest BCUT2D eigenvalue weighted by Gasteiger charge is -2.29. The van der Waals surface area contributed by atoms with Crippen LogP contribution in [0.4, 0.5) is 9.59 Å². The van der Waals surface area contributed by atoms with E-state index in [4.69, 9.17) is 15.2 Å². The third kappa shape index (κ3) is 10.7. The summed E-state index contributed by atoms with van der Waals surface area (Å²) in [6.45, 7) is 14.2. The van der Waals surface area contributed by atoms with Gasteiger partial charge in [-0.25, -0.2) is 9.59 Å². The summed E-state index contributed by atoms with van der Waals surface area (Å²) in [6.07, 6.45) is 3.48. The largest absolute Gasteiger partial charge is 0.444 e. The summed E-state index contributed by atoms with van der Waals surface area (Å²) >= 11 is 0. The van der Waals surface area contributed by atoms with E-state index in [1.807, 2.05) is 48.5 Å². The van der Waals surface area contributed by atoms with E-state index in [0.717, 1.165) is 12.8 Å². The van der Waals surface area contributed by atoms with Gasteiger partial charge in [0.2, 0.25) is 0 Å². The van der Waals surface area contributed by atoms with Crippen LogP contribution in [0, 0.1) is 17.8 Å². The first-order valence-corrected chi connectivity index (χ1v) is 10.5. The standard InChI is InChI=1S/C21H41N3O4/c1-14(24-19(26)28-21(5,6)7)17(13-22)12-16(15-8-9-15)10-11-23-18(25)27-20(2,3)4/h14-17H,8-13,22H2,1-7H3,(H,23,25)(H,24,26)/t14-,16?,17+/m1/s1. The van der Waals surface area contributed by atoms with Crippen LogP contribution in [0.25, 0.3) is 0 Å². The van der Waals surface area contributed by atoms with Gasteiger partial charge < -0.3 is 25.8 Å². The molecule has 0 heterocycles. The normalized spacial score (nSPS) is 18.0. The zero-order valence-corrected chi connectivity index (χ0v) is 18.8. The Labute approximate surface area is 170 Å². The summed E-state index contributed by atoms with van der Waals surface area (Å²) in [4.78, 5) is 23.9. The Morgan fingerprint density at radius 2 is 1.57 bits per heavy atom. The molecule has 1 aliphatic rings. The number of hydrogen-bond donors (Lipinski definition) is 3. The summed E-state index contributed by atoms with van der Waals surface area (Å²) in [5.41, 5.74) is 5.00. The highest BCUT2D eigenvalue weighted by Gasteiger charge is 2.34. The molecular weight excluding hydrogens is 358 g/mol. The summed E-state index contributed by atoms with van der Waals surface area (Å²) in [6, 6.07) is -0.0695. The van der Waals surface area contributed by atoms with Crippen LogP contribution >= 0.6 is 0 Å². The fourth-order valence-corrected chi connectivity index (χ4v) is 3.29. The maximum Gasteiger partial charge on any atom is 0.407 e. The van der Waals surface area contributed by atoms with Crippen LogP contribution in [-0.4, -0.2) is 42.5 Å². The van der Waals surface area contributed by atoms with Gasteiger partial charge >= 0.3 is 12.2 Å². The Kier molecular flexibility index (Phi) is 9.05. The zero-order chi connectivity index (χ0) is 21.5. The van der Waals surface area contributed by atoms with Crippen LogP contribution < -0.4 is 16.4 Å². The monoisotopic (exact) mass is 399 g/mol. The molecule has 0 bridgehead atoms. The minimum Gasteiger partial charge on any atom is -0.444 e. The second kappa shape index (κ2) is 10.3. The van der Waals surface area contributed by atoms with Crippen LogP contribution in [0.15, 0.2) is 0 Å². The number of carbonyl (C=O) groups excluding carboxylic acids is 2. The van der Waals surface area contributed by atoms with Gasteiger partial charge in [0.1, 0.15) is 11.2 Å². The molecule has 3 atom stereocenters. The van der Waals surface area contributed by atoms with Gasteiger partial charge in [-0.3, -0.25) is 0 Å². The number of alkyl carbamates (subject to hydrolysis) is 2. The number of amides is 2. The van der Waals surface area contributed by atoms with E-state index >= 15 is 0 Å². The highest BCUT2D eigenvalue weighted by atomic mass is 16.6. The van der Waals surface area contributed by atoms with Crippen LogP contribution in [0.3, 0.4) is 0 Å². The third-order valence-electron chi connectivity index (χ3n) is 4.83. The number of ether oxygens (including phenoxy) is 2. The molecule has 0 saturated heterocycles. The van der Waals surface area contributed by atoms with Crippen molar-refractivity contribution < 1.29 is 19.1 Å². The van der Waals surface area contributed by atoms with Crippen LogP contribution in [0.5, 0.6) is 0 Å². The number of nitrogens with two attached hydrogens (primary N) is 1. The maximum atomic E-state index is 12.0. The van der Waals surface area contributed by atoms with Gasteiger partial charge in [-0.15, -0.1) is 0 Å². The Balaban J connectivity index is 2.49. The second-order valence-electron chi connectivity index (χ2n) is 9.98. The molecule has 0 aromatic heterocycles. The van der Waals surface area contributed by atoms with Crippen molar-refractivity contribution in [3.05, 3.63) is 0 Å². The molecule has 1 unspecified atom stereocenters. The van der Waals surface area contributed by atoms with Gasteiger partial charge in [-0.05, 0) is 98.4 Å². The lowest BCUT2D eigenvalue weighted by Crippen LogP contribution is -2.44. The van der Waals surface area contributed by atoms with Crippen LogP contribution in [0.1, 0.15) is 74.1 Å². The number of carbonyl (C=O) groups is 2. The fraction of sp³-hybridized carbons (Fsp3) is 0.905. The van der Waals surface area contributed by atoms with E-state index in [-0.39, 0.29) is 18.1 Å². The first kappa shape index (κ1) is 24.5. The summed E-state index contributed by atoms with van der Waals surface area (Å²) < 4.78 is 10.6. The van der Waals surface area contributed by atoms with Crippen molar-refractivity contribution >= 4 is 12.2 Å². The van der Waals surface area contributed by atoms with Gasteiger partial charge in [0.25, 0.3) is 0 Å². The van der Waals surface area contributed by atoms with Gasteiger partial charge in [-0.2, -0.15) is 0 Å². The second-order valence-corrected chi connectivity index (χ2v) is 9.98. The molecule has 0 radical (unpaired) electrons. The predicted octanol–water partition coefficient (Wildman–Crippen LogP) is 3.81. The van der Waals surface area contributed by atoms with Crippen molar-refractivity contribution in [2.45, 2.75) is 91.4 Å². The fourth-order valence-electron chi connectivity index (χ4n) is 3.29. The van der Waals surface area contributed by atoms with Crippen LogP contribution in [-0.2, 0) is 9.47 Å². The van der Waals surface area contributed by atoms with E-state index in [0.29, 0.717) is 24.9 Å². The quantitative estimate of drug-likeness (QED) is 0.547. The highest BCUT2D eigenvalue weighted by Crippen LogP contribution is 2.41. The third-order valence-corrected chi connectivity index (χ3v) is 4.83. The Hall–Kier alpha value is -1.50. The van der Waals surface area contributed by atoms with E-state index in [2.05, 4.69) is 10.6 Å². The molecule has 0 aromatic rings. The highest BCUT2D eigenvalue weighted by molar-refractivity contribution is 5.68. The van der Waals surface area contributed by atoms with E-state index in [1.165, 1.54) is 12.8 Å². The molecule has 7 heteroatoms. The van der Waals surface area contributed by atoms with Crippen molar-refractivity contribution in [2.24, 2.45) is 23.5 Å². The van der Waals surface area contributed by atoms with E-state index in [1.54, 1.807) is 0 Å². The van der Waals surface area contributed by atoms with Crippen molar-refractivity contribution in [3.63, 3.8) is 0 Å². The Morgan fingerprint density at radius 3 is 2.04 bits per heavy atom. The van der Waals surface area contributed by atoms with E-state index < -0.39 is 17.3 Å². The van der Waals surface area contributed by atoms with Crippen molar-refractivity contribution in [1.29, 1.82) is 0 Å². The van der Waals surface area contributed by atoms with Crippen molar-refractivity contribution in [2.75, 3.05) is 13.1 Å². The molecular formula is C21H41N3O4. The van der Waals surface area contributed by atoms with Crippen LogP contribution in [0.2, 0.25) is 0 Å². The number of hydrogen-bond acceptors (Lipinski definition) is 5. The summed E-state index contributed by atoms with van der Waals surface area (Å²) in [5, 5.41) is 5.77.